The van der Waals surface area contributed by atoms with Crippen LogP contribution < -0.4 is 5.32 Å². The number of nitrogens with zero attached hydrogens (tertiary/aromatic N) is 2. The molecule has 0 fully saturated rings. The molecule has 4 nitrogen and oxygen atoms in total. The van der Waals surface area contributed by atoms with Crippen molar-refractivity contribution in [1.29, 1.82) is 0 Å². The second-order valence-corrected chi connectivity index (χ2v) is 5.27. The van der Waals surface area contributed by atoms with Gasteiger partial charge in [0.2, 0.25) is 0 Å². The normalized spacial score (nSPS) is 14.5. The Morgan fingerprint density at radius 3 is 2.76 bits per heavy atom. The molecule has 2 heterocycles. The van der Waals surface area contributed by atoms with E-state index in [1.54, 1.807) is 12.3 Å². The topological polar surface area (TPSA) is 45.2 Å². The quantitative estimate of drug-likeness (QED) is 0.930. The third kappa shape index (κ3) is 3.47. The molecule has 1 aliphatic rings. The van der Waals surface area contributed by atoms with E-state index in [1.165, 1.54) is 11.1 Å². The lowest BCUT2D eigenvalue weighted by molar-refractivity contribution is 0.0942. The molecule has 0 saturated heterocycles. The van der Waals surface area contributed by atoms with Crippen molar-refractivity contribution >= 4 is 5.91 Å². The van der Waals surface area contributed by atoms with Gasteiger partial charge in [-0.15, -0.1) is 0 Å². The van der Waals surface area contributed by atoms with Gasteiger partial charge >= 0.3 is 0 Å². The first kappa shape index (κ1) is 13.8. The smallest absolute Gasteiger partial charge is 0.269 e. The minimum atomic E-state index is -0.104. The lowest BCUT2D eigenvalue weighted by Crippen LogP contribution is -2.38. The Morgan fingerprint density at radius 1 is 1.14 bits per heavy atom. The molecule has 4 heteroatoms. The summed E-state index contributed by atoms with van der Waals surface area (Å²) in [6, 6.07) is 13.9. The number of hydrogen-bond acceptors (Lipinski definition) is 3. The van der Waals surface area contributed by atoms with Gasteiger partial charge in [0, 0.05) is 32.4 Å². The molecule has 1 aromatic heterocycles. The summed E-state index contributed by atoms with van der Waals surface area (Å²) in [5, 5.41) is 2.93. The predicted octanol–water partition coefficient (Wildman–Crippen LogP) is 1.87. The molecule has 1 N–H and O–H groups in total. The van der Waals surface area contributed by atoms with Gasteiger partial charge in [0.05, 0.1) is 0 Å². The number of rotatable bonds is 4. The molecule has 3 rings (SSSR count). The molecular weight excluding hydrogens is 262 g/mol. The zero-order valence-corrected chi connectivity index (χ0v) is 12.0. The molecular formula is C17H19N3O. The minimum Gasteiger partial charge on any atom is -0.349 e. The van der Waals surface area contributed by atoms with Gasteiger partial charge in [-0.3, -0.25) is 14.7 Å². The summed E-state index contributed by atoms with van der Waals surface area (Å²) in [6.45, 7) is 3.54. The number of aromatic nitrogens is 1. The van der Waals surface area contributed by atoms with Gasteiger partial charge in [-0.25, -0.2) is 0 Å². The third-order valence-corrected chi connectivity index (χ3v) is 3.82. The minimum absolute atomic E-state index is 0.104. The Bertz CT molecular complexity index is 612. The first-order valence-corrected chi connectivity index (χ1v) is 7.31. The van der Waals surface area contributed by atoms with Gasteiger partial charge < -0.3 is 5.32 Å². The molecule has 0 aliphatic carbocycles. The molecule has 21 heavy (non-hydrogen) atoms. The van der Waals surface area contributed by atoms with Gasteiger partial charge in [-0.2, -0.15) is 0 Å². The van der Waals surface area contributed by atoms with Crippen LogP contribution in [0.4, 0.5) is 0 Å². The molecule has 2 aromatic rings. The van der Waals surface area contributed by atoms with Gasteiger partial charge in [0.15, 0.2) is 0 Å². The number of pyridine rings is 1. The fraction of sp³-hybridized carbons (Fsp3) is 0.294. The summed E-state index contributed by atoms with van der Waals surface area (Å²) in [5.74, 6) is -0.104. The first-order chi connectivity index (χ1) is 10.3. The van der Waals surface area contributed by atoms with Crippen molar-refractivity contribution in [2.45, 2.75) is 13.0 Å². The van der Waals surface area contributed by atoms with Crippen molar-refractivity contribution in [3.8, 4) is 0 Å². The van der Waals surface area contributed by atoms with Crippen LogP contribution in [0.1, 0.15) is 21.6 Å². The monoisotopic (exact) mass is 281 g/mol. The lowest BCUT2D eigenvalue weighted by atomic mass is 10.00. The number of fused-ring (bicyclic) bond motifs is 1. The second kappa shape index (κ2) is 6.50. The molecule has 1 aromatic carbocycles. The largest absolute Gasteiger partial charge is 0.349 e. The summed E-state index contributed by atoms with van der Waals surface area (Å²) >= 11 is 0. The zero-order chi connectivity index (χ0) is 14.5. The van der Waals surface area contributed by atoms with E-state index in [-0.39, 0.29) is 5.91 Å². The number of benzene rings is 1. The van der Waals surface area contributed by atoms with E-state index in [9.17, 15) is 4.79 Å². The summed E-state index contributed by atoms with van der Waals surface area (Å²) in [5.41, 5.74) is 3.33. The van der Waals surface area contributed by atoms with Crippen LogP contribution in [-0.2, 0) is 13.0 Å². The Hall–Kier alpha value is -2.20. The van der Waals surface area contributed by atoms with Crippen molar-refractivity contribution in [3.63, 3.8) is 0 Å². The van der Waals surface area contributed by atoms with Crippen LogP contribution in [0.5, 0.6) is 0 Å². The van der Waals surface area contributed by atoms with Gasteiger partial charge in [-0.05, 0) is 29.7 Å². The number of hydrogen-bond donors (Lipinski definition) is 1. The van der Waals surface area contributed by atoms with Crippen LogP contribution >= 0.6 is 0 Å². The predicted molar refractivity (Wildman–Crippen MR) is 82.0 cm³/mol. The Balaban J connectivity index is 1.48. The van der Waals surface area contributed by atoms with Gasteiger partial charge in [0.1, 0.15) is 5.69 Å². The van der Waals surface area contributed by atoms with Crippen molar-refractivity contribution in [2.75, 3.05) is 19.6 Å². The summed E-state index contributed by atoms with van der Waals surface area (Å²) in [6.07, 6.45) is 2.72. The van der Waals surface area contributed by atoms with Gasteiger partial charge in [-0.1, -0.05) is 30.3 Å². The standard InChI is InChI=1S/C17H19N3O/c21-17(16-7-3-4-9-18-16)19-10-12-20-11-8-14-5-1-2-6-15(14)13-20/h1-7,9H,8,10-13H2,(H,19,21). The average molecular weight is 281 g/mol. The highest BCUT2D eigenvalue weighted by Crippen LogP contribution is 2.17. The van der Waals surface area contributed by atoms with Crippen molar-refractivity contribution in [3.05, 3.63) is 65.5 Å². The number of carbonyl (C=O) groups is 1. The zero-order valence-electron chi connectivity index (χ0n) is 12.0. The highest BCUT2D eigenvalue weighted by atomic mass is 16.1. The summed E-state index contributed by atoms with van der Waals surface area (Å²) in [4.78, 5) is 18.3. The van der Waals surface area contributed by atoms with E-state index in [2.05, 4.69) is 39.5 Å². The maximum Gasteiger partial charge on any atom is 0.269 e. The molecule has 0 bridgehead atoms. The number of carbonyl (C=O) groups excluding carboxylic acids is 1. The molecule has 0 atom stereocenters. The lowest BCUT2D eigenvalue weighted by Gasteiger charge is -2.28. The van der Waals surface area contributed by atoms with E-state index in [0.29, 0.717) is 12.2 Å². The fourth-order valence-corrected chi connectivity index (χ4v) is 2.66. The van der Waals surface area contributed by atoms with Crippen LogP contribution in [0.15, 0.2) is 48.7 Å². The van der Waals surface area contributed by atoms with E-state index in [0.717, 1.165) is 26.1 Å². The average Bonchev–Trinajstić information content (AvgIpc) is 2.55. The van der Waals surface area contributed by atoms with E-state index in [1.807, 2.05) is 12.1 Å². The summed E-state index contributed by atoms with van der Waals surface area (Å²) in [7, 11) is 0. The molecule has 0 unspecified atom stereocenters. The molecule has 0 spiro atoms. The van der Waals surface area contributed by atoms with Crippen LogP contribution in [0.3, 0.4) is 0 Å². The van der Waals surface area contributed by atoms with Gasteiger partial charge in [0.25, 0.3) is 5.91 Å². The Kier molecular flexibility index (Phi) is 4.26. The van der Waals surface area contributed by atoms with Crippen LogP contribution in [0.25, 0.3) is 0 Å². The molecule has 1 aliphatic heterocycles. The maximum absolute atomic E-state index is 11.9. The Labute approximate surface area is 124 Å². The van der Waals surface area contributed by atoms with Crippen molar-refractivity contribution < 1.29 is 4.79 Å². The van der Waals surface area contributed by atoms with E-state index >= 15 is 0 Å². The first-order valence-electron chi connectivity index (χ1n) is 7.31. The SMILES string of the molecule is O=C(NCCN1CCc2ccccc2C1)c1ccccn1. The fourth-order valence-electron chi connectivity index (χ4n) is 2.66. The van der Waals surface area contributed by atoms with E-state index < -0.39 is 0 Å². The third-order valence-electron chi connectivity index (χ3n) is 3.82. The van der Waals surface area contributed by atoms with Crippen LogP contribution in [-0.4, -0.2) is 35.4 Å². The number of nitrogens with one attached hydrogen (secondary N) is 1. The Morgan fingerprint density at radius 2 is 1.95 bits per heavy atom. The molecule has 0 saturated carbocycles. The van der Waals surface area contributed by atoms with Crippen molar-refractivity contribution in [1.82, 2.24) is 15.2 Å². The number of amides is 1. The maximum atomic E-state index is 11.9. The van der Waals surface area contributed by atoms with Crippen molar-refractivity contribution in [2.24, 2.45) is 0 Å². The van der Waals surface area contributed by atoms with Crippen LogP contribution in [0.2, 0.25) is 0 Å². The van der Waals surface area contributed by atoms with Crippen LogP contribution in [0, 0.1) is 0 Å². The highest BCUT2D eigenvalue weighted by molar-refractivity contribution is 5.92. The molecule has 0 radical (unpaired) electrons. The second-order valence-electron chi connectivity index (χ2n) is 5.27. The van der Waals surface area contributed by atoms with E-state index in [4.69, 9.17) is 0 Å². The highest BCUT2D eigenvalue weighted by Gasteiger charge is 2.15. The summed E-state index contributed by atoms with van der Waals surface area (Å²) < 4.78 is 0. The molecule has 1 amide bonds. The molecule has 108 valence electrons.